The summed E-state index contributed by atoms with van der Waals surface area (Å²) in [5.41, 5.74) is 0. The van der Waals surface area contributed by atoms with Gasteiger partial charge < -0.3 is 14.8 Å². The average Bonchev–Trinajstić information content (AvgIpc) is 2.43. The zero-order valence-electron chi connectivity index (χ0n) is 12.4. The van der Waals surface area contributed by atoms with E-state index in [1.165, 1.54) is 0 Å². The summed E-state index contributed by atoms with van der Waals surface area (Å²) < 4.78 is 22.0. The summed E-state index contributed by atoms with van der Waals surface area (Å²) >= 11 is 0. The third kappa shape index (κ3) is 12.8. The van der Waals surface area contributed by atoms with Gasteiger partial charge in [-0.1, -0.05) is 38.7 Å². The summed E-state index contributed by atoms with van der Waals surface area (Å²) in [6.07, 6.45) is 4.06. The Kier molecular flexibility index (Phi) is 15.8. The van der Waals surface area contributed by atoms with E-state index in [1.54, 1.807) is 19.1 Å². The highest BCUT2D eigenvalue weighted by molar-refractivity contribution is 5.81. The summed E-state index contributed by atoms with van der Waals surface area (Å²) in [6, 6.07) is -1.12. The van der Waals surface area contributed by atoms with Crippen molar-refractivity contribution in [1.29, 1.82) is 0 Å². The molecule has 0 saturated carbocycles. The van der Waals surface area contributed by atoms with Crippen LogP contribution in [0.25, 0.3) is 0 Å². The largest absolute Gasteiger partial charge is 0.464 e. The van der Waals surface area contributed by atoms with Gasteiger partial charge >= 0.3 is 12.1 Å². The lowest BCUT2D eigenvalue weighted by Gasteiger charge is -2.14. The van der Waals surface area contributed by atoms with Crippen LogP contribution in [0, 0.1) is 0 Å². The van der Waals surface area contributed by atoms with Crippen molar-refractivity contribution in [2.75, 3.05) is 19.8 Å². The van der Waals surface area contributed by atoms with Crippen molar-refractivity contribution in [3.63, 3.8) is 0 Å². The standard InChI is InChI=1S/C12H18FNO4.C2H6/c1-3-5-6-7-8-17-9-10(14-12(13)16)11(15)18-4-2;1-2/h3,5-6,10H,1,4,7-9H2,2H3,(H,14,16);1-2H3/b6-5+;. The third-order valence-electron chi connectivity index (χ3n) is 1.84. The van der Waals surface area contributed by atoms with E-state index in [1.807, 2.05) is 25.2 Å². The Labute approximate surface area is 119 Å². The minimum absolute atomic E-state index is 0.129. The molecule has 6 heteroatoms. The molecular weight excluding hydrogens is 265 g/mol. The Morgan fingerprint density at radius 3 is 2.55 bits per heavy atom. The van der Waals surface area contributed by atoms with Gasteiger partial charge in [0.05, 0.1) is 19.8 Å². The number of carbonyl (C=O) groups is 2. The smallest absolute Gasteiger partial charge is 0.398 e. The van der Waals surface area contributed by atoms with Crippen molar-refractivity contribution in [2.24, 2.45) is 0 Å². The molecule has 1 N–H and O–H groups in total. The van der Waals surface area contributed by atoms with E-state index < -0.39 is 18.2 Å². The molecule has 0 heterocycles. The van der Waals surface area contributed by atoms with Gasteiger partial charge in [-0.2, -0.15) is 0 Å². The highest BCUT2D eigenvalue weighted by Crippen LogP contribution is 1.95. The molecule has 116 valence electrons. The first-order valence-corrected chi connectivity index (χ1v) is 6.59. The number of hydrogen-bond acceptors (Lipinski definition) is 4. The van der Waals surface area contributed by atoms with Crippen LogP contribution in [0.4, 0.5) is 9.18 Å². The second-order valence-electron chi connectivity index (χ2n) is 3.25. The lowest BCUT2D eigenvalue weighted by Crippen LogP contribution is -2.43. The Bertz CT molecular complexity index is 306. The van der Waals surface area contributed by atoms with Gasteiger partial charge in [0.25, 0.3) is 0 Å². The van der Waals surface area contributed by atoms with Crippen LogP contribution in [0.3, 0.4) is 0 Å². The Balaban J connectivity index is 0. The summed E-state index contributed by atoms with van der Waals surface area (Å²) in [7, 11) is 0. The van der Waals surface area contributed by atoms with Gasteiger partial charge in [-0.05, 0) is 13.3 Å². The van der Waals surface area contributed by atoms with Crippen LogP contribution in [-0.2, 0) is 14.3 Å². The highest BCUT2D eigenvalue weighted by Gasteiger charge is 2.21. The monoisotopic (exact) mass is 289 g/mol. The summed E-state index contributed by atoms with van der Waals surface area (Å²) in [5.74, 6) is -0.717. The number of esters is 1. The number of ether oxygens (including phenoxy) is 2. The Hall–Kier alpha value is -1.69. The molecule has 0 radical (unpaired) electrons. The van der Waals surface area contributed by atoms with E-state index in [-0.39, 0.29) is 13.2 Å². The van der Waals surface area contributed by atoms with Crippen LogP contribution >= 0.6 is 0 Å². The number of halogens is 1. The number of hydrogen-bond donors (Lipinski definition) is 1. The molecule has 0 aromatic heterocycles. The molecule has 0 bridgehead atoms. The first kappa shape index (κ1) is 20.6. The molecule has 0 spiro atoms. The quantitative estimate of drug-likeness (QED) is 0.233. The van der Waals surface area contributed by atoms with Gasteiger partial charge in [-0.3, -0.25) is 0 Å². The van der Waals surface area contributed by atoms with Gasteiger partial charge in [0.2, 0.25) is 0 Å². The maximum Gasteiger partial charge on any atom is 0.398 e. The first-order chi connectivity index (χ1) is 9.61. The predicted octanol–water partition coefficient (Wildman–Crippen LogP) is 2.77. The van der Waals surface area contributed by atoms with Crippen molar-refractivity contribution in [1.82, 2.24) is 5.32 Å². The molecule has 20 heavy (non-hydrogen) atoms. The van der Waals surface area contributed by atoms with E-state index in [0.717, 1.165) is 0 Å². The number of nitrogens with one attached hydrogen (secondary N) is 1. The van der Waals surface area contributed by atoms with Gasteiger partial charge in [-0.25, -0.2) is 9.59 Å². The molecule has 0 aliphatic rings. The molecule has 0 aromatic rings. The fourth-order valence-electron chi connectivity index (χ4n) is 1.09. The second kappa shape index (κ2) is 15.4. The SMILES string of the molecule is C=C/C=C/CCOCC(NC(=O)F)C(=O)OCC.CC. The van der Waals surface area contributed by atoms with Crippen molar-refractivity contribution < 1.29 is 23.5 Å². The highest BCUT2D eigenvalue weighted by atomic mass is 19.1. The molecule has 0 aliphatic carbocycles. The number of amides is 1. The van der Waals surface area contributed by atoms with Crippen molar-refractivity contribution >= 4 is 12.1 Å². The fourth-order valence-corrected chi connectivity index (χ4v) is 1.09. The van der Waals surface area contributed by atoms with Gasteiger partial charge in [0.15, 0.2) is 6.04 Å². The lowest BCUT2D eigenvalue weighted by atomic mass is 10.3. The van der Waals surface area contributed by atoms with Crippen LogP contribution in [0.5, 0.6) is 0 Å². The van der Waals surface area contributed by atoms with Gasteiger partial charge in [0.1, 0.15) is 0 Å². The van der Waals surface area contributed by atoms with Crippen LogP contribution in [-0.4, -0.2) is 38.0 Å². The predicted molar refractivity (Wildman–Crippen MR) is 76.2 cm³/mol. The first-order valence-electron chi connectivity index (χ1n) is 6.59. The number of carbonyl (C=O) groups excluding carboxylic acids is 2. The zero-order chi connectivity index (χ0) is 15.8. The van der Waals surface area contributed by atoms with E-state index in [0.29, 0.717) is 13.0 Å². The maximum atomic E-state index is 12.2. The van der Waals surface area contributed by atoms with Gasteiger partial charge in [0, 0.05) is 0 Å². The fraction of sp³-hybridized carbons (Fsp3) is 0.571. The minimum Gasteiger partial charge on any atom is -0.464 e. The Morgan fingerprint density at radius 1 is 1.40 bits per heavy atom. The Morgan fingerprint density at radius 2 is 2.05 bits per heavy atom. The van der Waals surface area contributed by atoms with Crippen LogP contribution in [0.2, 0.25) is 0 Å². The molecule has 0 saturated heterocycles. The van der Waals surface area contributed by atoms with Crippen LogP contribution in [0.15, 0.2) is 24.8 Å². The second-order valence-corrected chi connectivity index (χ2v) is 3.25. The molecule has 1 amide bonds. The molecule has 0 fully saturated rings. The van der Waals surface area contributed by atoms with E-state index >= 15 is 0 Å². The van der Waals surface area contributed by atoms with Crippen molar-refractivity contribution in [2.45, 2.75) is 33.2 Å². The average molecular weight is 289 g/mol. The van der Waals surface area contributed by atoms with E-state index in [4.69, 9.17) is 4.74 Å². The van der Waals surface area contributed by atoms with E-state index in [9.17, 15) is 14.0 Å². The molecular formula is C14H24FNO4. The molecule has 0 rings (SSSR count). The van der Waals surface area contributed by atoms with Gasteiger partial charge in [-0.15, -0.1) is 4.39 Å². The normalized spacial score (nSPS) is 11.2. The summed E-state index contributed by atoms with van der Waals surface area (Å²) in [5, 5.41) is 1.83. The van der Waals surface area contributed by atoms with Crippen LogP contribution < -0.4 is 5.32 Å². The summed E-state index contributed by atoms with van der Waals surface area (Å²) in [4.78, 5) is 21.6. The van der Waals surface area contributed by atoms with Crippen molar-refractivity contribution in [3.8, 4) is 0 Å². The molecule has 0 aromatic carbocycles. The third-order valence-corrected chi connectivity index (χ3v) is 1.84. The zero-order valence-corrected chi connectivity index (χ0v) is 12.4. The summed E-state index contributed by atoms with van der Waals surface area (Å²) in [6.45, 7) is 9.50. The van der Waals surface area contributed by atoms with Crippen LogP contribution in [0.1, 0.15) is 27.2 Å². The maximum absolute atomic E-state index is 12.2. The minimum atomic E-state index is -1.79. The number of rotatable bonds is 9. The molecule has 0 aliphatic heterocycles. The molecule has 1 unspecified atom stereocenters. The topological polar surface area (TPSA) is 64.6 Å². The van der Waals surface area contributed by atoms with Crippen molar-refractivity contribution in [3.05, 3.63) is 24.8 Å². The molecule has 5 nitrogen and oxygen atoms in total. The van der Waals surface area contributed by atoms with E-state index in [2.05, 4.69) is 11.3 Å². The number of allylic oxidation sites excluding steroid dienone is 2. The molecule has 1 atom stereocenters. The lowest BCUT2D eigenvalue weighted by molar-refractivity contribution is -0.147.